The van der Waals surface area contributed by atoms with Gasteiger partial charge < -0.3 is 9.80 Å². The summed E-state index contributed by atoms with van der Waals surface area (Å²) < 4.78 is 14.5. The quantitative estimate of drug-likeness (QED) is 0.779. The third-order valence-electron chi connectivity index (χ3n) is 5.30. The van der Waals surface area contributed by atoms with E-state index in [0.717, 1.165) is 24.0 Å². The van der Waals surface area contributed by atoms with Crippen LogP contribution in [0.1, 0.15) is 38.3 Å². The topological polar surface area (TPSA) is 23.6 Å². The molecule has 1 heterocycles. The molecule has 3 rings (SSSR count). The van der Waals surface area contributed by atoms with Crippen LogP contribution in [-0.2, 0) is 17.6 Å². The maximum atomic E-state index is 14.5. The molecule has 1 aliphatic rings. The molecule has 1 aliphatic heterocycles. The second-order valence-electron chi connectivity index (χ2n) is 7.60. The fraction of sp³-hybridized carbons (Fsp3) is 0.435. The summed E-state index contributed by atoms with van der Waals surface area (Å²) in [4.78, 5) is 16.9. The van der Waals surface area contributed by atoms with Gasteiger partial charge in [0.25, 0.3) is 0 Å². The Morgan fingerprint density at radius 3 is 2.33 bits per heavy atom. The van der Waals surface area contributed by atoms with E-state index in [-0.39, 0.29) is 23.8 Å². The van der Waals surface area contributed by atoms with Gasteiger partial charge in [-0.3, -0.25) is 4.79 Å². The minimum atomic E-state index is -0.182. The van der Waals surface area contributed by atoms with E-state index in [1.54, 1.807) is 6.07 Å². The van der Waals surface area contributed by atoms with Crippen molar-refractivity contribution in [1.82, 2.24) is 4.90 Å². The van der Waals surface area contributed by atoms with Gasteiger partial charge in [-0.25, -0.2) is 4.39 Å². The Morgan fingerprint density at radius 2 is 1.70 bits per heavy atom. The number of halogens is 1. The number of benzene rings is 2. The lowest BCUT2D eigenvalue weighted by Crippen LogP contribution is -2.59. The highest BCUT2D eigenvalue weighted by molar-refractivity contribution is 5.79. The minimum absolute atomic E-state index is 0.0409. The van der Waals surface area contributed by atoms with Crippen LogP contribution in [0.15, 0.2) is 48.5 Å². The highest BCUT2D eigenvalue weighted by Crippen LogP contribution is 2.27. The summed E-state index contributed by atoms with van der Waals surface area (Å²) in [5.41, 5.74) is 2.86. The van der Waals surface area contributed by atoms with Gasteiger partial charge in [0, 0.05) is 25.2 Å². The molecule has 27 heavy (non-hydrogen) atoms. The van der Waals surface area contributed by atoms with E-state index in [1.165, 1.54) is 0 Å². The number of nitrogens with zero attached hydrogens (tertiary/aromatic N) is 2. The SMILES string of the molecule is CCCc1ccc(F)c(N2CC(C)N(C(=O)Cc3ccccc3)C(C)C2)c1. The summed E-state index contributed by atoms with van der Waals surface area (Å²) >= 11 is 0. The molecular weight excluding hydrogens is 339 g/mol. The molecule has 0 spiro atoms. The van der Waals surface area contributed by atoms with Crippen molar-refractivity contribution in [3.8, 4) is 0 Å². The Labute approximate surface area is 161 Å². The Bertz CT molecular complexity index is 765. The molecule has 2 aromatic carbocycles. The van der Waals surface area contributed by atoms with Gasteiger partial charge in [0.15, 0.2) is 0 Å². The summed E-state index contributed by atoms with van der Waals surface area (Å²) in [7, 11) is 0. The molecule has 4 heteroatoms. The lowest BCUT2D eigenvalue weighted by molar-refractivity contribution is -0.135. The third kappa shape index (κ3) is 4.49. The van der Waals surface area contributed by atoms with Crippen molar-refractivity contribution in [2.24, 2.45) is 0 Å². The molecule has 144 valence electrons. The zero-order chi connectivity index (χ0) is 19.4. The number of rotatable bonds is 5. The van der Waals surface area contributed by atoms with Gasteiger partial charge >= 0.3 is 0 Å². The maximum absolute atomic E-state index is 14.5. The number of hydrogen-bond acceptors (Lipinski definition) is 2. The number of anilines is 1. The smallest absolute Gasteiger partial charge is 0.227 e. The molecule has 1 saturated heterocycles. The van der Waals surface area contributed by atoms with E-state index in [2.05, 4.69) is 25.7 Å². The average molecular weight is 368 g/mol. The fourth-order valence-corrected chi connectivity index (χ4v) is 4.12. The molecule has 0 bridgehead atoms. The van der Waals surface area contributed by atoms with Gasteiger partial charge in [-0.15, -0.1) is 0 Å². The van der Waals surface area contributed by atoms with Gasteiger partial charge in [-0.1, -0.05) is 49.7 Å². The van der Waals surface area contributed by atoms with Gasteiger partial charge in [0.05, 0.1) is 12.1 Å². The van der Waals surface area contributed by atoms with Crippen molar-refractivity contribution in [3.05, 3.63) is 65.5 Å². The van der Waals surface area contributed by atoms with E-state index < -0.39 is 0 Å². The number of hydrogen-bond donors (Lipinski definition) is 0. The van der Waals surface area contributed by atoms with Crippen LogP contribution in [0.5, 0.6) is 0 Å². The normalized spacial score (nSPS) is 20.0. The number of piperazine rings is 1. The number of amides is 1. The van der Waals surface area contributed by atoms with E-state index in [9.17, 15) is 9.18 Å². The maximum Gasteiger partial charge on any atom is 0.227 e. The summed E-state index contributed by atoms with van der Waals surface area (Å²) in [5, 5.41) is 0. The van der Waals surface area contributed by atoms with Crippen molar-refractivity contribution < 1.29 is 9.18 Å². The summed E-state index contributed by atoms with van der Waals surface area (Å²) in [6.07, 6.45) is 2.41. The van der Waals surface area contributed by atoms with Crippen LogP contribution < -0.4 is 4.90 Å². The van der Waals surface area contributed by atoms with Gasteiger partial charge in [0.2, 0.25) is 5.91 Å². The minimum Gasteiger partial charge on any atom is -0.365 e. The van der Waals surface area contributed by atoms with Crippen LogP contribution in [0, 0.1) is 5.82 Å². The van der Waals surface area contributed by atoms with Gasteiger partial charge in [0.1, 0.15) is 5.82 Å². The van der Waals surface area contributed by atoms with Crippen LogP contribution in [0.4, 0.5) is 10.1 Å². The van der Waals surface area contributed by atoms with Crippen LogP contribution in [0.25, 0.3) is 0 Å². The molecule has 2 unspecified atom stereocenters. The first kappa shape index (κ1) is 19.4. The predicted molar refractivity (Wildman–Crippen MR) is 109 cm³/mol. The van der Waals surface area contributed by atoms with Crippen molar-refractivity contribution >= 4 is 11.6 Å². The Balaban J connectivity index is 1.73. The summed E-state index contributed by atoms with van der Waals surface area (Å²) in [5.74, 6) is -0.0422. The van der Waals surface area contributed by atoms with E-state index in [0.29, 0.717) is 25.2 Å². The molecule has 0 aliphatic carbocycles. The van der Waals surface area contributed by atoms with Crippen molar-refractivity contribution in [1.29, 1.82) is 0 Å². The second-order valence-corrected chi connectivity index (χ2v) is 7.60. The summed E-state index contributed by atoms with van der Waals surface area (Å²) in [6, 6.07) is 15.3. The Hall–Kier alpha value is -2.36. The largest absolute Gasteiger partial charge is 0.365 e. The zero-order valence-electron chi connectivity index (χ0n) is 16.5. The number of carbonyl (C=O) groups excluding carboxylic acids is 1. The van der Waals surface area contributed by atoms with Crippen LogP contribution in [0.3, 0.4) is 0 Å². The molecule has 0 radical (unpaired) electrons. The molecule has 0 saturated carbocycles. The molecule has 3 nitrogen and oxygen atoms in total. The van der Waals surface area contributed by atoms with Crippen LogP contribution >= 0.6 is 0 Å². The number of carbonyl (C=O) groups is 1. The molecule has 0 N–H and O–H groups in total. The standard InChI is InChI=1S/C23H29FN2O/c1-4-8-19-11-12-21(24)22(13-19)25-15-17(2)26(18(3)16-25)23(27)14-20-9-6-5-7-10-20/h5-7,9-13,17-18H,4,8,14-16H2,1-3H3. The molecule has 2 atom stereocenters. The first-order chi connectivity index (χ1) is 13.0. The second kappa shape index (κ2) is 8.55. The van der Waals surface area contributed by atoms with Crippen LogP contribution in [0.2, 0.25) is 0 Å². The van der Waals surface area contributed by atoms with E-state index in [4.69, 9.17) is 0 Å². The number of aryl methyl sites for hydroxylation is 1. The Morgan fingerprint density at radius 1 is 1.04 bits per heavy atom. The highest BCUT2D eigenvalue weighted by atomic mass is 19.1. The van der Waals surface area contributed by atoms with Gasteiger partial charge in [-0.2, -0.15) is 0 Å². The van der Waals surface area contributed by atoms with E-state index >= 15 is 0 Å². The molecule has 0 aromatic heterocycles. The lowest BCUT2D eigenvalue weighted by Gasteiger charge is -2.45. The van der Waals surface area contributed by atoms with E-state index in [1.807, 2.05) is 47.4 Å². The summed E-state index contributed by atoms with van der Waals surface area (Å²) in [6.45, 7) is 7.54. The first-order valence-corrected chi connectivity index (χ1v) is 9.88. The van der Waals surface area contributed by atoms with Crippen molar-refractivity contribution in [2.45, 2.75) is 52.1 Å². The lowest BCUT2D eigenvalue weighted by atomic mass is 10.0. The molecule has 1 fully saturated rings. The Kier molecular flexibility index (Phi) is 6.15. The molecule has 1 amide bonds. The van der Waals surface area contributed by atoms with Gasteiger partial charge in [-0.05, 0) is 43.5 Å². The monoisotopic (exact) mass is 368 g/mol. The van der Waals surface area contributed by atoms with Crippen molar-refractivity contribution in [2.75, 3.05) is 18.0 Å². The average Bonchev–Trinajstić information content (AvgIpc) is 2.63. The fourth-order valence-electron chi connectivity index (χ4n) is 4.12. The third-order valence-corrected chi connectivity index (χ3v) is 5.30. The molecular formula is C23H29FN2O. The van der Waals surface area contributed by atoms with Crippen LogP contribution in [-0.4, -0.2) is 36.0 Å². The predicted octanol–water partition coefficient (Wildman–Crippen LogP) is 4.45. The first-order valence-electron chi connectivity index (χ1n) is 9.88. The molecule has 2 aromatic rings. The highest BCUT2D eigenvalue weighted by Gasteiger charge is 2.33. The van der Waals surface area contributed by atoms with Crippen molar-refractivity contribution in [3.63, 3.8) is 0 Å². The zero-order valence-corrected chi connectivity index (χ0v) is 16.5.